The molecule has 1 aromatic rings. The van der Waals surface area contributed by atoms with Crippen molar-refractivity contribution in [3.63, 3.8) is 0 Å². The summed E-state index contributed by atoms with van der Waals surface area (Å²) in [6, 6.07) is 0. The van der Waals surface area contributed by atoms with Crippen LogP contribution in [-0.2, 0) is 4.79 Å². The predicted molar refractivity (Wildman–Crippen MR) is 49.4 cm³/mol. The number of hydrogen-bond donors (Lipinski definition) is 3. The molecular weight excluding hydrogens is 240 g/mol. The summed E-state index contributed by atoms with van der Waals surface area (Å²) >= 11 is 3.05. The third-order valence-electron chi connectivity index (χ3n) is 1.32. The number of halogens is 1. The van der Waals surface area contributed by atoms with E-state index in [9.17, 15) is 9.59 Å². The first-order valence-corrected chi connectivity index (χ1v) is 4.16. The van der Waals surface area contributed by atoms with Gasteiger partial charge in [0.15, 0.2) is 10.6 Å². The van der Waals surface area contributed by atoms with Crippen molar-refractivity contribution >= 4 is 34.1 Å². The van der Waals surface area contributed by atoms with Crippen molar-refractivity contribution in [3.05, 3.63) is 10.4 Å². The fourth-order valence-electron chi connectivity index (χ4n) is 0.794. The first-order valence-electron chi connectivity index (χ1n) is 3.36. The maximum absolute atomic E-state index is 11.2. The van der Waals surface area contributed by atoms with Crippen LogP contribution in [0, 0.1) is 0 Å². The van der Waals surface area contributed by atoms with Crippen LogP contribution >= 0.6 is 15.9 Å². The molecule has 0 saturated carbocycles. The highest BCUT2D eigenvalue weighted by molar-refractivity contribution is 9.10. The Balaban J connectivity index is 3.03. The van der Waals surface area contributed by atoms with Crippen molar-refractivity contribution in [2.24, 2.45) is 0 Å². The van der Waals surface area contributed by atoms with Crippen molar-refractivity contribution in [3.8, 4) is 0 Å². The zero-order valence-electron chi connectivity index (χ0n) is 6.72. The minimum atomic E-state index is -0.345. The first-order chi connectivity index (χ1) is 6.19. The number of rotatable bonds is 3. The highest BCUT2D eigenvalue weighted by Gasteiger charge is 2.14. The topological polar surface area (TPSA) is 86.9 Å². The molecule has 0 fully saturated rings. The second-order valence-corrected chi connectivity index (χ2v) is 2.84. The smallest absolute Gasteiger partial charge is 0.271 e. The predicted octanol–water partition coefficient (Wildman–Crippen LogP) is 0.100. The molecule has 0 radical (unpaired) electrons. The van der Waals surface area contributed by atoms with Gasteiger partial charge in [-0.25, -0.2) is 4.98 Å². The third-order valence-corrected chi connectivity index (χ3v) is 1.70. The van der Waals surface area contributed by atoms with Gasteiger partial charge in [0.1, 0.15) is 5.69 Å². The van der Waals surface area contributed by atoms with Gasteiger partial charge in [-0.15, -0.1) is 0 Å². The minimum absolute atomic E-state index is 0.196. The van der Waals surface area contributed by atoms with Crippen LogP contribution in [0.3, 0.4) is 0 Å². The Bertz CT molecular complexity index is 335. The molecule has 70 valence electrons. The number of nitrogens with zero attached hydrogens (tertiary/aromatic N) is 1. The summed E-state index contributed by atoms with van der Waals surface area (Å²) in [4.78, 5) is 27.8. The highest BCUT2D eigenvalue weighted by Crippen LogP contribution is 2.14. The van der Waals surface area contributed by atoms with E-state index in [0.717, 1.165) is 0 Å². The SMILES string of the molecule is CNC(=O)c1[nH]c(Br)nc1NC=O. The highest BCUT2D eigenvalue weighted by atomic mass is 79.9. The molecular formula is C6H7BrN4O2. The lowest BCUT2D eigenvalue weighted by molar-refractivity contribution is -0.105. The second-order valence-electron chi connectivity index (χ2n) is 2.09. The van der Waals surface area contributed by atoms with Crippen LogP contribution in [0.1, 0.15) is 10.5 Å². The lowest BCUT2D eigenvalue weighted by Crippen LogP contribution is -2.19. The molecule has 2 amide bonds. The number of H-pyrrole nitrogens is 1. The molecule has 0 aromatic carbocycles. The molecule has 0 spiro atoms. The minimum Gasteiger partial charge on any atom is -0.354 e. The van der Waals surface area contributed by atoms with Gasteiger partial charge in [-0.3, -0.25) is 9.59 Å². The second kappa shape index (κ2) is 4.04. The van der Waals surface area contributed by atoms with Crippen LogP contribution in [0.2, 0.25) is 0 Å². The maximum atomic E-state index is 11.2. The average molecular weight is 247 g/mol. The summed E-state index contributed by atoms with van der Waals surface area (Å²) in [7, 11) is 1.49. The molecule has 0 unspecified atom stereocenters. The number of nitrogens with one attached hydrogen (secondary N) is 3. The van der Waals surface area contributed by atoms with E-state index in [2.05, 4.69) is 36.5 Å². The van der Waals surface area contributed by atoms with E-state index in [0.29, 0.717) is 11.1 Å². The number of imidazole rings is 1. The first kappa shape index (κ1) is 9.72. The molecule has 0 bridgehead atoms. The molecule has 1 aromatic heterocycles. The lowest BCUT2D eigenvalue weighted by atomic mass is 10.4. The molecule has 0 saturated heterocycles. The van der Waals surface area contributed by atoms with Crippen LogP contribution in [0.4, 0.5) is 5.82 Å². The number of aromatic amines is 1. The number of amides is 2. The van der Waals surface area contributed by atoms with Gasteiger partial charge in [0, 0.05) is 7.05 Å². The Labute approximate surface area is 82.2 Å². The summed E-state index contributed by atoms with van der Waals surface area (Å²) in [6.45, 7) is 0. The van der Waals surface area contributed by atoms with Gasteiger partial charge in [-0.1, -0.05) is 0 Å². The summed E-state index contributed by atoms with van der Waals surface area (Å²) in [5.74, 6) is -0.149. The number of anilines is 1. The summed E-state index contributed by atoms with van der Waals surface area (Å²) in [6.07, 6.45) is 0.453. The van der Waals surface area contributed by atoms with Crippen LogP contribution in [0.15, 0.2) is 4.73 Å². The van der Waals surface area contributed by atoms with Crippen molar-refractivity contribution in [1.82, 2.24) is 15.3 Å². The zero-order chi connectivity index (χ0) is 9.84. The number of hydrogen-bond acceptors (Lipinski definition) is 3. The molecule has 1 rings (SSSR count). The molecule has 3 N–H and O–H groups in total. The van der Waals surface area contributed by atoms with Crippen LogP contribution in [0.5, 0.6) is 0 Å². The number of aromatic nitrogens is 2. The third kappa shape index (κ3) is 2.05. The van der Waals surface area contributed by atoms with Crippen LogP contribution in [0.25, 0.3) is 0 Å². The van der Waals surface area contributed by atoms with Gasteiger partial charge in [0.25, 0.3) is 5.91 Å². The average Bonchev–Trinajstić information content (AvgIpc) is 2.46. The number of carbonyl (C=O) groups excluding carboxylic acids is 2. The van der Waals surface area contributed by atoms with E-state index in [1.807, 2.05) is 0 Å². The van der Waals surface area contributed by atoms with Gasteiger partial charge >= 0.3 is 0 Å². The Hall–Kier alpha value is -1.37. The molecule has 6 nitrogen and oxygen atoms in total. The molecule has 0 aliphatic rings. The largest absolute Gasteiger partial charge is 0.354 e. The Morgan fingerprint density at radius 3 is 2.92 bits per heavy atom. The van der Waals surface area contributed by atoms with E-state index in [1.54, 1.807) is 0 Å². The maximum Gasteiger partial charge on any atom is 0.271 e. The molecule has 13 heavy (non-hydrogen) atoms. The Morgan fingerprint density at radius 1 is 1.69 bits per heavy atom. The molecule has 7 heteroatoms. The van der Waals surface area contributed by atoms with E-state index in [1.165, 1.54) is 7.05 Å². The van der Waals surface area contributed by atoms with E-state index in [4.69, 9.17) is 0 Å². The van der Waals surface area contributed by atoms with Gasteiger partial charge in [0.2, 0.25) is 6.41 Å². The fraction of sp³-hybridized carbons (Fsp3) is 0.167. The summed E-state index contributed by atoms with van der Waals surface area (Å²) < 4.78 is 0.385. The molecule has 0 aliphatic heterocycles. The lowest BCUT2D eigenvalue weighted by Gasteiger charge is -1.97. The quantitative estimate of drug-likeness (QED) is 0.662. The van der Waals surface area contributed by atoms with Gasteiger partial charge in [0.05, 0.1) is 0 Å². The standard InChI is InChI=1S/C6H7BrN4O2/c1-8-5(13)3-4(9-2-12)11-6(7)10-3/h2H,1H3,(H,8,13)(H,9,12)(H,10,11). The number of carbonyl (C=O) groups is 2. The van der Waals surface area contributed by atoms with Gasteiger partial charge in [-0.05, 0) is 15.9 Å². The van der Waals surface area contributed by atoms with Crippen LogP contribution in [-0.4, -0.2) is 29.3 Å². The Morgan fingerprint density at radius 2 is 2.38 bits per heavy atom. The van der Waals surface area contributed by atoms with Gasteiger partial charge < -0.3 is 15.6 Å². The zero-order valence-corrected chi connectivity index (χ0v) is 8.31. The van der Waals surface area contributed by atoms with E-state index >= 15 is 0 Å². The fourth-order valence-corrected chi connectivity index (χ4v) is 1.17. The van der Waals surface area contributed by atoms with Crippen molar-refractivity contribution in [1.29, 1.82) is 0 Å². The molecule has 0 aliphatic carbocycles. The van der Waals surface area contributed by atoms with Gasteiger partial charge in [-0.2, -0.15) is 0 Å². The molecule has 1 heterocycles. The molecule has 0 atom stereocenters. The van der Waals surface area contributed by atoms with Crippen LogP contribution < -0.4 is 10.6 Å². The van der Waals surface area contributed by atoms with Crippen molar-refractivity contribution in [2.75, 3.05) is 12.4 Å². The van der Waals surface area contributed by atoms with E-state index < -0.39 is 0 Å². The Kier molecular flexibility index (Phi) is 3.02. The van der Waals surface area contributed by atoms with E-state index in [-0.39, 0.29) is 17.4 Å². The summed E-state index contributed by atoms with van der Waals surface area (Å²) in [5, 5.41) is 4.70. The summed E-state index contributed by atoms with van der Waals surface area (Å²) in [5.41, 5.74) is 0.210. The normalized spacial score (nSPS) is 9.38. The van der Waals surface area contributed by atoms with Crippen molar-refractivity contribution in [2.45, 2.75) is 0 Å². The monoisotopic (exact) mass is 246 g/mol. The van der Waals surface area contributed by atoms with Crippen molar-refractivity contribution < 1.29 is 9.59 Å².